The van der Waals surface area contributed by atoms with Gasteiger partial charge in [0.2, 0.25) is 5.91 Å². The van der Waals surface area contributed by atoms with Crippen molar-refractivity contribution in [3.05, 3.63) is 71.3 Å². The van der Waals surface area contributed by atoms with E-state index >= 15 is 0 Å². The summed E-state index contributed by atoms with van der Waals surface area (Å²) >= 11 is 0. The molecule has 0 aliphatic rings. The molecule has 10 nitrogen and oxygen atoms in total. The maximum absolute atomic E-state index is 12.2. The predicted octanol–water partition coefficient (Wildman–Crippen LogP) is 1.64. The van der Waals surface area contributed by atoms with E-state index in [2.05, 4.69) is 5.32 Å². The Morgan fingerprint density at radius 1 is 1.00 bits per heavy atom. The van der Waals surface area contributed by atoms with E-state index in [1.54, 1.807) is 24.3 Å². The summed E-state index contributed by atoms with van der Waals surface area (Å²) in [5, 5.41) is 27.3. The number of esters is 1. The van der Waals surface area contributed by atoms with Gasteiger partial charge in [-0.2, -0.15) is 0 Å². The highest BCUT2D eigenvalue weighted by Gasteiger charge is 2.19. The average Bonchev–Trinajstić information content (AvgIpc) is 2.75. The quantitative estimate of drug-likeness (QED) is 0.122. The lowest BCUT2D eigenvalue weighted by atomic mass is 10.1. The predicted molar refractivity (Wildman–Crippen MR) is 114 cm³/mol. The van der Waals surface area contributed by atoms with Gasteiger partial charge in [0.15, 0.2) is 0 Å². The number of amides is 1. The largest absolute Gasteiger partial charge is 0.481 e. The van der Waals surface area contributed by atoms with Gasteiger partial charge in [0, 0.05) is 18.1 Å². The molecule has 0 heterocycles. The van der Waals surface area contributed by atoms with Crippen molar-refractivity contribution in [3.63, 3.8) is 0 Å². The normalized spacial score (nSPS) is 11.5. The number of nitrogens with one attached hydrogen (secondary N) is 2. The SMILES string of the molecule is N=C(N)c1ccc(OC(=O)c2ccc(/C=C/C(=O)NC(CCC(=O)O)C(=O)O)cc2)cc1. The molecule has 1 amide bonds. The molecule has 0 spiro atoms. The van der Waals surface area contributed by atoms with E-state index in [4.69, 9.17) is 26.1 Å². The third-order valence-corrected chi connectivity index (χ3v) is 4.21. The van der Waals surface area contributed by atoms with Crippen LogP contribution in [0.2, 0.25) is 0 Å². The van der Waals surface area contributed by atoms with Crippen molar-refractivity contribution >= 4 is 35.7 Å². The third-order valence-electron chi connectivity index (χ3n) is 4.21. The highest BCUT2D eigenvalue weighted by Crippen LogP contribution is 2.15. The number of aliphatic carboxylic acids is 2. The molecule has 0 aliphatic carbocycles. The van der Waals surface area contributed by atoms with Crippen LogP contribution in [0.15, 0.2) is 54.6 Å². The molecule has 0 bridgehead atoms. The van der Waals surface area contributed by atoms with Crippen molar-refractivity contribution in [3.8, 4) is 5.75 Å². The van der Waals surface area contributed by atoms with E-state index in [0.717, 1.165) is 6.08 Å². The van der Waals surface area contributed by atoms with Crippen LogP contribution in [0.5, 0.6) is 5.75 Å². The van der Waals surface area contributed by atoms with Crippen LogP contribution >= 0.6 is 0 Å². The smallest absolute Gasteiger partial charge is 0.343 e. The first-order valence-corrected chi connectivity index (χ1v) is 9.35. The summed E-state index contributed by atoms with van der Waals surface area (Å²) < 4.78 is 5.25. The Morgan fingerprint density at radius 3 is 2.12 bits per heavy atom. The Kier molecular flexibility index (Phi) is 8.23. The van der Waals surface area contributed by atoms with E-state index in [0.29, 0.717) is 11.1 Å². The number of hydrogen-bond acceptors (Lipinski definition) is 6. The van der Waals surface area contributed by atoms with Gasteiger partial charge in [-0.1, -0.05) is 12.1 Å². The lowest BCUT2D eigenvalue weighted by molar-refractivity contribution is -0.142. The number of rotatable bonds is 10. The molecule has 32 heavy (non-hydrogen) atoms. The number of benzene rings is 2. The first-order chi connectivity index (χ1) is 15.2. The fourth-order valence-corrected chi connectivity index (χ4v) is 2.52. The maximum Gasteiger partial charge on any atom is 0.343 e. The number of amidine groups is 1. The number of hydrogen-bond donors (Lipinski definition) is 5. The van der Waals surface area contributed by atoms with Gasteiger partial charge in [0.1, 0.15) is 17.6 Å². The summed E-state index contributed by atoms with van der Waals surface area (Å²) in [4.78, 5) is 45.8. The zero-order chi connectivity index (χ0) is 23.7. The van der Waals surface area contributed by atoms with Crippen molar-refractivity contribution in [2.24, 2.45) is 5.73 Å². The van der Waals surface area contributed by atoms with Crippen LogP contribution in [-0.2, 0) is 14.4 Å². The van der Waals surface area contributed by atoms with Crippen LogP contribution in [-0.4, -0.2) is 45.9 Å². The lowest BCUT2D eigenvalue weighted by Gasteiger charge is -2.11. The maximum atomic E-state index is 12.2. The van der Waals surface area contributed by atoms with Crippen LogP contribution in [0.1, 0.15) is 34.3 Å². The van der Waals surface area contributed by atoms with Crippen molar-refractivity contribution in [1.82, 2.24) is 5.32 Å². The lowest BCUT2D eigenvalue weighted by Crippen LogP contribution is -2.40. The summed E-state index contributed by atoms with van der Waals surface area (Å²) in [6, 6.07) is 11.0. The van der Waals surface area contributed by atoms with E-state index in [-0.39, 0.29) is 30.0 Å². The zero-order valence-corrected chi connectivity index (χ0v) is 16.8. The molecule has 0 fully saturated rings. The van der Waals surface area contributed by atoms with Crippen LogP contribution < -0.4 is 15.8 Å². The van der Waals surface area contributed by atoms with Crippen LogP contribution in [0, 0.1) is 5.41 Å². The molecule has 0 saturated carbocycles. The molecule has 166 valence electrons. The Balaban J connectivity index is 1.94. The van der Waals surface area contributed by atoms with Crippen LogP contribution in [0.3, 0.4) is 0 Å². The van der Waals surface area contributed by atoms with Gasteiger partial charge in [-0.15, -0.1) is 0 Å². The van der Waals surface area contributed by atoms with Crippen molar-refractivity contribution in [2.75, 3.05) is 0 Å². The van der Waals surface area contributed by atoms with E-state index in [9.17, 15) is 19.2 Å². The Morgan fingerprint density at radius 2 is 1.59 bits per heavy atom. The number of ether oxygens (including phenoxy) is 1. The summed E-state index contributed by atoms with van der Waals surface area (Å²) in [6.45, 7) is 0. The minimum absolute atomic E-state index is 0.0982. The summed E-state index contributed by atoms with van der Waals surface area (Å²) in [6.07, 6.45) is 1.90. The van der Waals surface area contributed by atoms with Crippen LogP contribution in [0.25, 0.3) is 6.08 Å². The molecule has 2 aromatic carbocycles. The molecular formula is C22H21N3O7. The highest BCUT2D eigenvalue weighted by molar-refractivity contribution is 5.96. The summed E-state index contributed by atoms with van der Waals surface area (Å²) in [7, 11) is 0. The highest BCUT2D eigenvalue weighted by atomic mass is 16.5. The third kappa shape index (κ3) is 7.41. The van der Waals surface area contributed by atoms with Crippen molar-refractivity contribution in [2.45, 2.75) is 18.9 Å². The minimum atomic E-state index is -1.33. The Hall–Kier alpha value is -4.47. The van der Waals surface area contributed by atoms with Gasteiger partial charge >= 0.3 is 17.9 Å². The molecule has 2 aromatic rings. The monoisotopic (exact) mass is 439 g/mol. The van der Waals surface area contributed by atoms with E-state index < -0.39 is 29.9 Å². The molecule has 0 aliphatic heterocycles. The minimum Gasteiger partial charge on any atom is -0.481 e. The Bertz CT molecular complexity index is 1040. The molecule has 1 atom stereocenters. The second-order valence-corrected chi connectivity index (χ2v) is 6.61. The van der Waals surface area contributed by atoms with Gasteiger partial charge < -0.3 is 26.0 Å². The number of nitrogen functional groups attached to an aromatic ring is 1. The second-order valence-electron chi connectivity index (χ2n) is 6.61. The first-order valence-electron chi connectivity index (χ1n) is 9.35. The van der Waals surface area contributed by atoms with E-state index in [1.165, 1.54) is 30.3 Å². The molecular weight excluding hydrogens is 418 g/mol. The van der Waals surface area contributed by atoms with Crippen molar-refractivity contribution < 1.29 is 34.1 Å². The zero-order valence-electron chi connectivity index (χ0n) is 16.8. The second kappa shape index (κ2) is 11.1. The molecule has 6 N–H and O–H groups in total. The fourth-order valence-electron chi connectivity index (χ4n) is 2.52. The number of carboxylic acid groups (broad SMARTS) is 2. The summed E-state index contributed by atoms with van der Waals surface area (Å²) in [5.74, 6) is -3.59. The molecule has 2 rings (SSSR count). The van der Waals surface area contributed by atoms with E-state index in [1.807, 2.05) is 0 Å². The molecule has 1 unspecified atom stereocenters. The van der Waals surface area contributed by atoms with Gasteiger partial charge in [0.25, 0.3) is 0 Å². The van der Waals surface area contributed by atoms with Crippen molar-refractivity contribution in [1.29, 1.82) is 5.41 Å². The average molecular weight is 439 g/mol. The van der Waals surface area contributed by atoms with Crippen LogP contribution in [0.4, 0.5) is 0 Å². The standard InChI is InChI=1S/C22H21N3O7/c23-20(24)14-6-8-16(9-7-14)32-22(31)15-4-1-13(2-5-15)3-11-18(26)25-17(21(29)30)10-12-19(27)28/h1-9,11,17H,10,12H2,(H3,23,24)(H,25,26)(H,27,28)(H,29,30)/b11-3+. The Labute approximate surface area is 182 Å². The fraction of sp³-hybridized carbons (Fsp3) is 0.136. The molecule has 0 radical (unpaired) electrons. The first kappa shape index (κ1) is 23.8. The number of carboxylic acids is 2. The topological polar surface area (TPSA) is 180 Å². The molecule has 0 saturated heterocycles. The van der Waals surface area contributed by atoms with Gasteiger partial charge in [-0.05, 0) is 54.5 Å². The number of carbonyl (C=O) groups is 4. The van der Waals surface area contributed by atoms with Gasteiger partial charge in [-0.25, -0.2) is 9.59 Å². The number of nitrogens with two attached hydrogens (primary N) is 1. The molecule has 0 aromatic heterocycles. The number of carbonyl (C=O) groups excluding carboxylic acids is 2. The van der Waals surface area contributed by atoms with Gasteiger partial charge in [0.05, 0.1) is 5.56 Å². The van der Waals surface area contributed by atoms with Gasteiger partial charge in [-0.3, -0.25) is 15.0 Å². The summed E-state index contributed by atoms with van der Waals surface area (Å²) in [5.41, 5.74) is 6.71. The molecule has 10 heteroatoms.